The summed E-state index contributed by atoms with van der Waals surface area (Å²) in [4.78, 5) is 23.3. The maximum Gasteiger partial charge on any atom is 0.270 e. The van der Waals surface area contributed by atoms with E-state index in [0.29, 0.717) is 18.0 Å². The molecule has 1 heterocycles. The molecule has 0 aliphatic rings. The molecule has 0 aromatic carbocycles. The summed E-state index contributed by atoms with van der Waals surface area (Å²) in [6.45, 7) is 10.6. The van der Waals surface area contributed by atoms with Gasteiger partial charge in [-0.2, -0.15) is 5.10 Å². The van der Waals surface area contributed by atoms with Crippen LogP contribution >= 0.6 is 11.6 Å². The van der Waals surface area contributed by atoms with Gasteiger partial charge in [-0.15, -0.1) is 0 Å². The SMILES string of the molecule is CC(C)Cn1nc(C(C)(C)C)cc(CC(=O)Cl)c1=O. The van der Waals surface area contributed by atoms with Crippen LogP contribution in [-0.4, -0.2) is 15.0 Å². The fourth-order valence-electron chi connectivity index (χ4n) is 1.71. The molecule has 1 rings (SSSR count). The molecule has 0 unspecified atom stereocenters. The Morgan fingerprint density at radius 2 is 2.00 bits per heavy atom. The lowest BCUT2D eigenvalue weighted by Gasteiger charge is -2.20. The molecule has 0 saturated heterocycles. The summed E-state index contributed by atoms with van der Waals surface area (Å²) in [5, 5.41) is 3.87. The Hall–Kier alpha value is -1.16. The van der Waals surface area contributed by atoms with Crippen LogP contribution in [0.1, 0.15) is 45.9 Å². The van der Waals surface area contributed by atoms with Crippen molar-refractivity contribution in [2.24, 2.45) is 5.92 Å². The fourth-order valence-corrected chi connectivity index (χ4v) is 1.85. The number of nitrogens with zero attached hydrogens (tertiary/aromatic N) is 2. The average molecular weight is 285 g/mol. The van der Waals surface area contributed by atoms with Gasteiger partial charge < -0.3 is 0 Å². The molecular weight excluding hydrogens is 264 g/mol. The molecule has 0 fully saturated rings. The van der Waals surface area contributed by atoms with Crippen molar-refractivity contribution in [2.45, 2.75) is 53.0 Å². The van der Waals surface area contributed by atoms with Crippen LogP contribution in [0.15, 0.2) is 10.9 Å². The Labute approximate surface area is 118 Å². The van der Waals surface area contributed by atoms with Gasteiger partial charge in [0.15, 0.2) is 0 Å². The Morgan fingerprint density at radius 3 is 2.42 bits per heavy atom. The van der Waals surface area contributed by atoms with Gasteiger partial charge in [0.25, 0.3) is 5.56 Å². The largest absolute Gasteiger partial charge is 0.281 e. The lowest BCUT2D eigenvalue weighted by Crippen LogP contribution is -2.32. The van der Waals surface area contributed by atoms with Gasteiger partial charge in [-0.3, -0.25) is 9.59 Å². The number of carbonyl (C=O) groups is 1. The van der Waals surface area contributed by atoms with E-state index in [1.54, 1.807) is 6.07 Å². The number of hydrogen-bond donors (Lipinski definition) is 0. The molecule has 0 amide bonds. The number of halogens is 1. The second-order valence-electron chi connectivity index (χ2n) is 6.22. The Bertz CT molecular complexity index is 527. The molecule has 106 valence electrons. The van der Waals surface area contributed by atoms with Gasteiger partial charge in [0.2, 0.25) is 5.24 Å². The Morgan fingerprint density at radius 1 is 1.42 bits per heavy atom. The van der Waals surface area contributed by atoms with Gasteiger partial charge >= 0.3 is 0 Å². The van der Waals surface area contributed by atoms with Crippen LogP contribution in [0.2, 0.25) is 0 Å². The quantitative estimate of drug-likeness (QED) is 0.798. The lowest BCUT2D eigenvalue weighted by molar-refractivity contribution is -0.111. The second-order valence-corrected chi connectivity index (χ2v) is 6.64. The van der Waals surface area contributed by atoms with Crippen LogP contribution < -0.4 is 5.56 Å². The topological polar surface area (TPSA) is 52.0 Å². The van der Waals surface area contributed by atoms with Gasteiger partial charge in [-0.05, 0) is 23.6 Å². The van der Waals surface area contributed by atoms with Crippen molar-refractivity contribution in [2.75, 3.05) is 0 Å². The third-order valence-electron chi connectivity index (χ3n) is 2.68. The van der Waals surface area contributed by atoms with Crippen LogP contribution in [0.4, 0.5) is 0 Å². The lowest BCUT2D eigenvalue weighted by atomic mass is 9.91. The van der Waals surface area contributed by atoms with Crippen molar-refractivity contribution in [3.63, 3.8) is 0 Å². The molecule has 0 spiro atoms. The van der Waals surface area contributed by atoms with Crippen molar-refractivity contribution in [3.05, 3.63) is 27.7 Å². The van der Waals surface area contributed by atoms with Crippen LogP contribution in [0.5, 0.6) is 0 Å². The number of rotatable bonds is 4. The van der Waals surface area contributed by atoms with E-state index in [2.05, 4.69) is 5.10 Å². The summed E-state index contributed by atoms with van der Waals surface area (Å²) in [7, 11) is 0. The highest BCUT2D eigenvalue weighted by Gasteiger charge is 2.20. The normalized spacial score (nSPS) is 11.9. The minimum absolute atomic E-state index is 0.0515. The average Bonchev–Trinajstić information content (AvgIpc) is 2.20. The molecule has 0 aliphatic heterocycles. The van der Waals surface area contributed by atoms with Crippen LogP contribution in [0.3, 0.4) is 0 Å². The maximum absolute atomic E-state index is 12.2. The molecular formula is C14H21ClN2O2. The van der Waals surface area contributed by atoms with Gasteiger partial charge in [-0.25, -0.2) is 4.68 Å². The van der Waals surface area contributed by atoms with E-state index >= 15 is 0 Å². The third-order valence-corrected chi connectivity index (χ3v) is 2.82. The van der Waals surface area contributed by atoms with Gasteiger partial charge in [0.05, 0.1) is 12.1 Å². The predicted molar refractivity (Wildman–Crippen MR) is 76.6 cm³/mol. The highest BCUT2D eigenvalue weighted by Crippen LogP contribution is 2.20. The van der Waals surface area contributed by atoms with Crippen LogP contribution in [0.25, 0.3) is 0 Å². The van der Waals surface area contributed by atoms with E-state index in [4.69, 9.17) is 11.6 Å². The summed E-state index contributed by atoms with van der Waals surface area (Å²) in [6.07, 6.45) is -0.0515. The van der Waals surface area contributed by atoms with E-state index in [1.165, 1.54) is 4.68 Å². The predicted octanol–water partition coefficient (Wildman–Crippen LogP) is 2.50. The molecule has 0 bridgehead atoms. The molecule has 5 heteroatoms. The summed E-state index contributed by atoms with van der Waals surface area (Å²) in [5.74, 6) is 0.306. The third kappa shape index (κ3) is 4.46. The molecule has 0 aliphatic carbocycles. The molecule has 1 aromatic heterocycles. The minimum Gasteiger partial charge on any atom is -0.281 e. The van der Waals surface area contributed by atoms with Crippen molar-refractivity contribution >= 4 is 16.8 Å². The summed E-state index contributed by atoms with van der Waals surface area (Å²) in [6, 6.07) is 1.69. The van der Waals surface area contributed by atoms with E-state index < -0.39 is 5.24 Å². The van der Waals surface area contributed by atoms with Gasteiger partial charge in [0.1, 0.15) is 0 Å². The summed E-state index contributed by atoms with van der Waals surface area (Å²) >= 11 is 5.40. The number of hydrogen-bond acceptors (Lipinski definition) is 3. The van der Waals surface area contributed by atoms with E-state index in [9.17, 15) is 9.59 Å². The summed E-state index contributed by atoms with van der Waals surface area (Å²) < 4.78 is 1.44. The smallest absolute Gasteiger partial charge is 0.270 e. The van der Waals surface area contributed by atoms with Crippen molar-refractivity contribution in [3.8, 4) is 0 Å². The summed E-state index contributed by atoms with van der Waals surface area (Å²) in [5.41, 5.74) is 0.799. The first-order chi connectivity index (χ1) is 8.61. The second kappa shape index (κ2) is 5.87. The first-order valence-electron chi connectivity index (χ1n) is 6.41. The van der Waals surface area contributed by atoms with E-state index in [-0.39, 0.29) is 17.4 Å². The molecule has 4 nitrogen and oxygen atoms in total. The van der Waals surface area contributed by atoms with Gasteiger partial charge in [0, 0.05) is 17.5 Å². The zero-order valence-electron chi connectivity index (χ0n) is 12.2. The molecule has 19 heavy (non-hydrogen) atoms. The molecule has 0 atom stereocenters. The highest BCUT2D eigenvalue weighted by atomic mass is 35.5. The molecule has 0 N–H and O–H groups in total. The van der Waals surface area contributed by atoms with Crippen LogP contribution in [-0.2, 0) is 23.2 Å². The Balaban J connectivity index is 3.38. The van der Waals surface area contributed by atoms with Crippen molar-refractivity contribution in [1.29, 1.82) is 0 Å². The van der Waals surface area contributed by atoms with Crippen molar-refractivity contribution in [1.82, 2.24) is 9.78 Å². The van der Waals surface area contributed by atoms with Crippen LogP contribution in [0, 0.1) is 5.92 Å². The Kier molecular flexibility index (Phi) is 4.91. The highest BCUT2D eigenvalue weighted by molar-refractivity contribution is 6.63. The molecule has 0 saturated carbocycles. The maximum atomic E-state index is 12.2. The zero-order chi connectivity index (χ0) is 14.8. The van der Waals surface area contributed by atoms with Gasteiger partial charge in [-0.1, -0.05) is 34.6 Å². The first kappa shape index (κ1) is 15.9. The number of carbonyl (C=O) groups excluding carboxylic acids is 1. The fraction of sp³-hybridized carbons (Fsp3) is 0.643. The van der Waals surface area contributed by atoms with E-state index in [1.807, 2.05) is 34.6 Å². The number of aromatic nitrogens is 2. The minimum atomic E-state index is -0.528. The molecule has 1 aromatic rings. The standard InChI is InChI=1S/C14H21ClN2O2/c1-9(2)8-17-13(19)10(7-12(15)18)6-11(16-17)14(3,4)5/h6,9H,7-8H2,1-5H3. The monoisotopic (exact) mass is 284 g/mol. The zero-order valence-corrected chi connectivity index (χ0v) is 12.9. The van der Waals surface area contributed by atoms with Crippen molar-refractivity contribution < 1.29 is 4.79 Å². The first-order valence-corrected chi connectivity index (χ1v) is 6.79. The molecule has 0 radical (unpaired) electrons. The van der Waals surface area contributed by atoms with E-state index in [0.717, 1.165) is 5.69 Å².